The molecule has 0 saturated heterocycles. The van der Waals surface area contributed by atoms with Crippen molar-refractivity contribution in [2.75, 3.05) is 25.9 Å². The van der Waals surface area contributed by atoms with Crippen molar-refractivity contribution in [3.05, 3.63) is 23.0 Å². The number of pyridine rings is 1. The van der Waals surface area contributed by atoms with Crippen LogP contribution < -0.4 is 11.1 Å². The number of likely N-dealkylation sites (N-methyl/N-ethyl adjacent to an activating group) is 1. The smallest absolute Gasteiger partial charge is 0.254 e. The Morgan fingerprint density at radius 1 is 1.63 bits per heavy atom. The van der Waals surface area contributed by atoms with E-state index in [0.717, 1.165) is 13.0 Å². The lowest BCUT2D eigenvalue weighted by atomic mass is 10.2. The second-order valence-electron chi connectivity index (χ2n) is 4.60. The number of carbonyl (C=O) groups is 1. The number of anilines is 1. The van der Waals surface area contributed by atoms with Crippen molar-refractivity contribution in [1.82, 2.24) is 15.2 Å². The molecule has 1 amide bonds. The molecule has 0 aliphatic rings. The highest BCUT2D eigenvalue weighted by Gasteiger charge is 2.12. The van der Waals surface area contributed by atoms with Crippen molar-refractivity contribution in [1.29, 1.82) is 0 Å². The van der Waals surface area contributed by atoms with E-state index in [4.69, 9.17) is 17.3 Å². The van der Waals surface area contributed by atoms with Gasteiger partial charge in [-0.2, -0.15) is 0 Å². The molecule has 0 bridgehead atoms. The zero-order valence-electron chi connectivity index (χ0n) is 11.6. The van der Waals surface area contributed by atoms with Crippen LogP contribution >= 0.6 is 11.6 Å². The first-order valence-corrected chi connectivity index (χ1v) is 6.73. The molecule has 1 unspecified atom stereocenters. The Morgan fingerprint density at radius 3 is 2.95 bits per heavy atom. The van der Waals surface area contributed by atoms with E-state index in [1.165, 1.54) is 12.3 Å². The Labute approximate surface area is 119 Å². The number of amides is 1. The molecule has 1 aromatic heterocycles. The Kier molecular flexibility index (Phi) is 6.05. The topological polar surface area (TPSA) is 71.2 Å². The number of nitrogens with zero attached hydrogens (tertiary/aromatic N) is 2. The summed E-state index contributed by atoms with van der Waals surface area (Å²) in [5.41, 5.74) is 6.33. The Morgan fingerprint density at radius 2 is 2.32 bits per heavy atom. The molecular weight excluding hydrogens is 264 g/mol. The van der Waals surface area contributed by atoms with E-state index in [1.54, 1.807) is 0 Å². The Hall–Kier alpha value is -1.33. The van der Waals surface area contributed by atoms with Gasteiger partial charge in [-0.05, 0) is 26.5 Å². The summed E-state index contributed by atoms with van der Waals surface area (Å²) >= 11 is 5.87. The number of halogens is 1. The third-order valence-corrected chi connectivity index (χ3v) is 3.50. The highest BCUT2D eigenvalue weighted by molar-refractivity contribution is 6.32. The van der Waals surface area contributed by atoms with Crippen molar-refractivity contribution in [3.63, 3.8) is 0 Å². The lowest BCUT2D eigenvalue weighted by molar-refractivity contribution is 0.0947. The van der Waals surface area contributed by atoms with Gasteiger partial charge in [-0.1, -0.05) is 18.5 Å². The van der Waals surface area contributed by atoms with E-state index in [-0.39, 0.29) is 11.1 Å². The monoisotopic (exact) mass is 284 g/mol. The summed E-state index contributed by atoms with van der Waals surface area (Å²) in [6.07, 6.45) is 2.51. The molecule has 0 radical (unpaired) electrons. The van der Waals surface area contributed by atoms with Crippen LogP contribution in [-0.4, -0.2) is 42.0 Å². The van der Waals surface area contributed by atoms with Gasteiger partial charge in [0.2, 0.25) is 0 Å². The van der Waals surface area contributed by atoms with Gasteiger partial charge in [0.25, 0.3) is 5.91 Å². The Balaban J connectivity index is 2.50. The van der Waals surface area contributed by atoms with Gasteiger partial charge < -0.3 is 16.0 Å². The maximum absolute atomic E-state index is 11.9. The quantitative estimate of drug-likeness (QED) is 0.781. The minimum absolute atomic E-state index is 0.169. The van der Waals surface area contributed by atoms with Gasteiger partial charge in [0.15, 0.2) is 0 Å². The first-order chi connectivity index (χ1) is 8.95. The third-order valence-electron chi connectivity index (χ3n) is 3.20. The molecule has 5 nitrogen and oxygen atoms in total. The Bertz CT molecular complexity index is 439. The number of rotatable bonds is 6. The summed E-state index contributed by atoms with van der Waals surface area (Å²) in [7, 11) is 2.04. The summed E-state index contributed by atoms with van der Waals surface area (Å²) in [6, 6.07) is 2.03. The molecule has 0 aromatic carbocycles. The molecule has 0 aliphatic heterocycles. The van der Waals surface area contributed by atoms with E-state index in [2.05, 4.69) is 29.0 Å². The normalized spacial score (nSPS) is 12.5. The molecule has 0 aliphatic carbocycles. The number of nitrogen functional groups attached to an aromatic ring is 1. The number of nitrogens with two attached hydrogens (primary N) is 1. The predicted octanol–water partition coefficient (Wildman–Crippen LogP) is 1.78. The summed E-state index contributed by atoms with van der Waals surface area (Å²) in [6.45, 7) is 5.64. The lowest BCUT2D eigenvalue weighted by Gasteiger charge is -2.23. The molecule has 1 atom stereocenters. The fraction of sp³-hybridized carbons (Fsp3) is 0.538. The third kappa shape index (κ3) is 4.69. The molecule has 1 rings (SSSR count). The highest BCUT2D eigenvalue weighted by Crippen LogP contribution is 2.15. The maximum atomic E-state index is 11.9. The molecule has 3 N–H and O–H groups in total. The highest BCUT2D eigenvalue weighted by atomic mass is 35.5. The van der Waals surface area contributed by atoms with Crippen molar-refractivity contribution in [2.45, 2.75) is 26.3 Å². The maximum Gasteiger partial charge on any atom is 0.254 e. The number of hydrogen-bond donors (Lipinski definition) is 2. The largest absolute Gasteiger partial charge is 0.397 e. The van der Waals surface area contributed by atoms with Crippen LogP contribution in [0.1, 0.15) is 30.6 Å². The van der Waals surface area contributed by atoms with Crippen LogP contribution in [0.4, 0.5) is 5.69 Å². The number of carbonyl (C=O) groups excluding carboxylic acids is 1. The van der Waals surface area contributed by atoms with E-state index in [1.807, 2.05) is 7.05 Å². The molecule has 0 saturated carbocycles. The fourth-order valence-electron chi connectivity index (χ4n) is 1.60. The van der Waals surface area contributed by atoms with Crippen LogP contribution in [-0.2, 0) is 0 Å². The van der Waals surface area contributed by atoms with Crippen LogP contribution in [0.2, 0.25) is 5.15 Å². The predicted molar refractivity (Wildman–Crippen MR) is 78.4 cm³/mol. The van der Waals surface area contributed by atoms with Crippen molar-refractivity contribution >= 4 is 23.2 Å². The molecule has 19 heavy (non-hydrogen) atoms. The molecule has 1 aromatic rings. The van der Waals surface area contributed by atoms with Crippen molar-refractivity contribution in [2.24, 2.45) is 0 Å². The number of hydrogen-bond acceptors (Lipinski definition) is 4. The zero-order chi connectivity index (χ0) is 14.4. The standard InChI is InChI=1S/C13H21ClN4O/c1-4-9(2)18(3)6-5-16-13(19)11-7-10(15)8-17-12(11)14/h7-9H,4-6,15H2,1-3H3,(H,16,19). The summed E-state index contributed by atoms with van der Waals surface area (Å²) in [5.74, 6) is -0.248. The lowest BCUT2D eigenvalue weighted by Crippen LogP contribution is -2.37. The van der Waals surface area contributed by atoms with Gasteiger partial charge in [0, 0.05) is 19.1 Å². The van der Waals surface area contributed by atoms with Crippen molar-refractivity contribution in [3.8, 4) is 0 Å². The minimum atomic E-state index is -0.248. The van der Waals surface area contributed by atoms with Crippen LogP contribution in [0.15, 0.2) is 12.3 Å². The van der Waals surface area contributed by atoms with Crippen LogP contribution in [0.25, 0.3) is 0 Å². The number of nitrogens with one attached hydrogen (secondary N) is 1. The molecule has 6 heteroatoms. The van der Waals surface area contributed by atoms with E-state index < -0.39 is 0 Å². The van der Waals surface area contributed by atoms with Crippen LogP contribution in [0, 0.1) is 0 Å². The molecule has 0 fully saturated rings. The molecular formula is C13H21ClN4O. The van der Waals surface area contributed by atoms with Crippen LogP contribution in [0.3, 0.4) is 0 Å². The van der Waals surface area contributed by atoms with E-state index >= 15 is 0 Å². The van der Waals surface area contributed by atoms with E-state index in [9.17, 15) is 4.79 Å². The van der Waals surface area contributed by atoms with E-state index in [0.29, 0.717) is 23.8 Å². The molecule has 1 heterocycles. The van der Waals surface area contributed by atoms with Crippen LogP contribution in [0.5, 0.6) is 0 Å². The molecule has 106 valence electrons. The van der Waals surface area contributed by atoms with Gasteiger partial charge >= 0.3 is 0 Å². The van der Waals surface area contributed by atoms with Gasteiger partial charge in [-0.15, -0.1) is 0 Å². The SMILES string of the molecule is CCC(C)N(C)CCNC(=O)c1cc(N)cnc1Cl. The number of aromatic nitrogens is 1. The second-order valence-corrected chi connectivity index (χ2v) is 4.96. The summed E-state index contributed by atoms with van der Waals surface area (Å²) < 4.78 is 0. The molecule has 0 spiro atoms. The fourth-order valence-corrected chi connectivity index (χ4v) is 1.79. The van der Waals surface area contributed by atoms with Gasteiger partial charge in [0.1, 0.15) is 5.15 Å². The minimum Gasteiger partial charge on any atom is -0.397 e. The zero-order valence-corrected chi connectivity index (χ0v) is 12.4. The first kappa shape index (κ1) is 15.7. The average Bonchev–Trinajstić information content (AvgIpc) is 2.40. The van der Waals surface area contributed by atoms with Gasteiger partial charge in [0.05, 0.1) is 17.4 Å². The first-order valence-electron chi connectivity index (χ1n) is 6.35. The van der Waals surface area contributed by atoms with Gasteiger partial charge in [-0.25, -0.2) is 4.98 Å². The average molecular weight is 285 g/mol. The van der Waals surface area contributed by atoms with Gasteiger partial charge in [-0.3, -0.25) is 4.79 Å². The summed E-state index contributed by atoms with van der Waals surface area (Å²) in [5, 5.41) is 2.98. The summed E-state index contributed by atoms with van der Waals surface area (Å²) in [4.78, 5) is 18.0. The second kappa shape index (κ2) is 7.31. The van der Waals surface area contributed by atoms with Crippen molar-refractivity contribution < 1.29 is 4.79 Å².